The van der Waals surface area contributed by atoms with Crippen molar-refractivity contribution in [1.82, 2.24) is 10.5 Å². The van der Waals surface area contributed by atoms with Gasteiger partial charge in [0.2, 0.25) is 17.7 Å². The molecule has 4 rings (SSSR count). The van der Waals surface area contributed by atoms with Crippen LogP contribution in [0.1, 0.15) is 61.6 Å². The van der Waals surface area contributed by atoms with E-state index in [1.807, 2.05) is 47.8 Å². The Kier molecular flexibility index (Phi) is 8.31. The summed E-state index contributed by atoms with van der Waals surface area (Å²) >= 11 is 1.44. The number of hydrogen-bond donors (Lipinski definition) is 2. The molecule has 1 aliphatic carbocycles. The first kappa shape index (κ1) is 24.7. The van der Waals surface area contributed by atoms with Crippen molar-refractivity contribution in [2.24, 2.45) is 0 Å². The summed E-state index contributed by atoms with van der Waals surface area (Å²) in [6, 6.07) is 13.8. The van der Waals surface area contributed by atoms with E-state index in [2.05, 4.69) is 15.8 Å². The van der Waals surface area contributed by atoms with Crippen LogP contribution in [0.4, 0.5) is 11.5 Å². The highest BCUT2D eigenvalue weighted by Gasteiger charge is 2.34. The second-order valence-corrected chi connectivity index (χ2v) is 9.71. The van der Waals surface area contributed by atoms with Crippen molar-refractivity contribution in [2.75, 3.05) is 10.2 Å². The fourth-order valence-corrected chi connectivity index (χ4v) is 5.16. The first-order valence-electron chi connectivity index (χ1n) is 12.0. The van der Waals surface area contributed by atoms with E-state index in [-0.39, 0.29) is 36.6 Å². The summed E-state index contributed by atoms with van der Waals surface area (Å²) in [5.74, 6) is 0.0375. The van der Waals surface area contributed by atoms with E-state index in [1.165, 1.54) is 22.7 Å². The number of rotatable bonds is 9. The summed E-state index contributed by atoms with van der Waals surface area (Å²) in [7, 11) is 0. The Morgan fingerprint density at radius 1 is 1.09 bits per heavy atom. The van der Waals surface area contributed by atoms with Gasteiger partial charge in [-0.3, -0.25) is 19.3 Å². The Morgan fingerprint density at radius 2 is 1.86 bits per heavy atom. The van der Waals surface area contributed by atoms with E-state index in [9.17, 15) is 14.4 Å². The van der Waals surface area contributed by atoms with E-state index in [4.69, 9.17) is 4.52 Å². The van der Waals surface area contributed by atoms with Crippen molar-refractivity contribution in [3.8, 4) is 0 Å². The molecular formula is C26H30N4O4S. The van der Waals surface area contributed by atoms with Gasteiger partial charge >= 0.3 is 0 Å². The minimum atomic E-state index is -0.812. The van der Waals surface area contributed by atoms with Gasteiger partial charge in [-0.2, -0.15) is 0 Å². The van der Waals surface area contributed by atoms with Crippen LogP contribution in [-0.2, 0) is 14.4 Å². The quantitative estimate of drug-likeness (QED) is 0.436. The van der Waals surface area contributed by atoms with Crippen LogP contribution in [0.25, 0.3) is 0 Å². The zero-order chi connectivity index (χ0) is 24.6. The van der Waals surface area contributed by atoms with Gasteiger partial charge in [0.1, 0.15) is 11.8 Å². The maximum absolute atomic E-state index is 13.6. The van der Waals surface area contributed by atoms with E-state index in [1.54, 1.807) is 13.0 Å². The van der Waals surface area contributed by atoms with Crippen LogP contribution >= 0.6 is 11.3 Å². The molecule has 0 radical (unpaired) electrons. The van der Waals surface area contributed by atoms with Crippen LogP contribution in [-0.4, -0.2) is 28.9 Å². The zero-order valence-electron chi connectivity index (χ0n) is 19.7. The number of anilines is 2. The molecule has 3 amide bonds. The van der Waals surface area contributed by atoms with Gasteiger partial charge in [-0.05, 0) is 43.3 Å². The Morgan fingerprint density at radius 3 is 2.51 bits per heavy atom. The predicted octanol–water partition coefficient (Wildman–Crippen LogP) is 4.99. The smallest absolute Gasteiger partial charge is 0.248 e. The molecule has 0 aliphatic heterocycles. The summed E-state index contributed by atoms with van der Waals surface area (Å²) in [5, 5.41) is 11.5. The Bertz CT molecular complexity index is 1120. The van der Waals surface area contributed by atoms with Crippen LogP contribution in [0.15, 0.2) is 58.4 Å². The summed E-state index contributed by atoms with van der Waals surface area (Å²) in [6.45, 7) is 1.73. The fourth-order valence-electron chi connectivity index (χ4n) is 4.34. The molecule has 8 nitrogen and oxygen atoms in total. The first-order valence-corrected chi connectivity index (χ1v) is 12.8. The van der Waals surface area contributed by atoms with Gasteiger partial charge in [-0.25, -0.2) is 0 Å². The molecular weight excluding hydrogens is 464 g/mol. The molecule has 0 bridgehead atoms. The van der Waals surface area contributed by atoms with E-state index >= 15 is 0 Å². The largest absolute Gasteiger partial charge is 0.360 e. The number of hydrogen-bond acceptors (Lipinski definition) is 6. The number of amides is 3. The third-order valence-electron chi connectivity index (χ3n) is 6.04. The average molecular weight is 495 g/mol. The second-order valence-electron chi connectivity index (χ2n) is 8.73. The van der Waals surface area contributed by atoms with Crippen LogP contribution < -0.4 is 15.5 Å². The standard InChI is InChI=1S/C26H30N4O4S/c1-18-17-22(29-34-18)28-23(31)14-15-24(32)30(20-11-6-3-7-12-20)25(21-13-8-16-35-21)26(33)27-19-9-4-2-5-10-19/h3,6-8,11-13,16-17,19,25H,2,4-5,9-10,14-15H2,1H3,(H,27,33)(H,28,29,31)/t25-/m0/s1. The summed E-state index contributed by atoms with van der Waals surface area (Å²) in [5.41, 5.74) is 0.613. The normalized spacial score (nSPS) is 14.8. The van der Waals surface area contributed by atoms with E-state index in [0.29, 0.717) is 17.3 Å². The maximum atomic E-state index is 13.6. The number of nitrogens with zero attached hydrogens (tertiary/aromatic N) is 2. The number of para-hydroxylation sites is 1. The number of thiophene rings is 1. The molecule has 1 aliphatic rings. The lowest BCUT2D eigenvalue weighted by Crippen LogP contribution is -2.47. The lowest BCUT2D eigenvalue weighted by molar-refractivity contribution is -0.127. The SMILES string of the molecule is Cc1cc(NC(=O)CCC(=O)N(c2ccccc2)[C@H](C(=O)NC2CCCCC2)c2cccs2)no1. The average Bonchev–Trinajstić information content (AvgIpc) is 3.54. The molecule has 1 atom stereocenters. The minimum absolute atomic E-state index is 0.0462. The van der Waals surface area contributed by atoms with Crippen LogP contribution in [0, 0.1) is 6.92 Å². The van der Waals surface area contributed by atoms with Crippen molar-refractivity contribution in [2.45, 2.75) is 64.0 Å². The number of aromatic nitrogens is 1. The van der Waals surface area contributed by atoms with Crippen molar-refractivity contribution >= 4 is 40.6 Å². The molecule has 0 saturated heterocycles. The topological polar surface area (TPSA) is 105 Å². The minimum Gasteiger partial charge on any atom is -0.360 e. The molecule has 1 saturated carbocycles. The summed E-state index contributed by atoms with van der Waals surface area (Å²) < 4.78 is 4.97. The van der Waals surface area contributed by atoms with Gasteiger partial charge < -0.3 is 15.2 Å². The molecule has 184 valence electrons. The monoisotopic (exact) mass is 494 g/mol. The summed E-state index contributed by atoms with van der Waals surface area (Å²) in [6.07, 6.45) is 5.16. The van der Waals surface area contributed by atoms with Gasteiger partial charge in [0, 0.05) is 35.5 Å². The zero-order valence-corrected chi connectivity index (χ0v) is 20.6. The highest BCUT2D eigenvalue weighted by molar-refractivity contribution is 7.10. The second kappa shape index (κ2) is 11.8. The number of aryl methyl sites for hydroxylation is 1. The molecule has 1 fully saturated rings. The van der Waals surface area contributed by atoms with Gasteiger partial charge in [0.05, 0.1) is 0 Å². The molecule has 2 aromatic heterocycles. The number of nitrogens with one attached hydrogen (secondary N) is 2. The van der Waals surface area contributed by atoms with Crippen molar-refractivity contribution < 1.29 is 18.9 Å². The van der Waals surface area contributed by atoms with E-state index < -0.39 is 6.04 Å². The Hall–Kier alpha value is -3.46. The van der Waals surface area contributed by atoms with Crippen molar-refractivity contribution in [1.29, 1.82) is 0 Å². The highest BCUT2D eigenvalue weighted by Crippen LogP contribution is 2.32. The molecule has 0 unspecified atom stereocenters. The number of benzene rings is 1. The molecule has 2 N–H and O–H groups in total. The van der Waals surface area contributed by atoms with Crippen LogP contribution in [0.3, 0.4) is 0 Å². The first-order chi connectivity index (χ1) is 17.0. The molecule has 35 heavy (non-hydrogen) atoms. The third kappa shape index (κ3) is 6.57. The van der Waals surface area contributed by atoms with Gasteiger partial charge in [0.15, 0.2) is 5.82 Å². The third-order valence-corrected chi connectivity index (χ3v) is 6.96. The van der Waals surface area contributed by atoms with Crippen molar-refractivity contribution in [3.63, 3.8) is 0 Å². The molecule has 1 aromatic carbocycles. The van der Waals surface area contributed by atoms with Gasteiger partial charge in [-0.1, -0.05) is 48.7 Å². The van der Waals surface area contributed by atoms with Gasteiger partial charge in [0.25, 0.3) is 0 Å². The van der Waals surface area contributed by atoms with E-state index in [0.717, 1.165) is 30.6 Å². The lowest BCUT2D eigenvalue weighted by Gasteiger charge is -2.32. The molecule has 0 spiro atoms. The fraction of sp³-hybridized carbons (Fsp3) is 0.385. The van der Waals surface area contributed by atoms with Crippen LogP contribution in [0.5, 0.6) is 0 Å². The molecule has 2 heterocycles. The van der Waals surface area contributed by atoms with Crippen molar-refractivity contribution in [3.05, 3.63) is 64.5 Å². The van der Waals surface area contributed by atoms with Crippen LogP contribution in [0.2, 0.25) is 0 Å². The number of carbonyl (C=O) groups excluding carboxylic acids is 3. The molecule has 3 aromatic rings. The maximum Gasteiger partial charge on any atom is 0.248 e. The Balaban J connectivity index is 1.54. The number of carbonyl (C=O) groups is 3. The molecule has 9 heteroatoms. The van der Waals surface area contributed by atoms with Gasteiger partial charge in [-0.15, -0.1) is 11.3 Å². The highest BCUT2D eigenvalue weighted by atomic mass is 32.1. The summed E-state index contributed by atoms with van der Waals surface area (Å²) in [4.78, 5) is 41.9. The predicted molar refractivity (Wildman–Crippen MR) is 135 cm³/mol. The lowest BCUT2D eigenvalue weighted by atomic mass is 9.95. The Labute approximate surface area is 208 Å².